The summed E-state index contributed by atoms with van der Waals surface area (Å²) in [6, 6.07) is 20.7. The van der Waals surface area contributed by atoms with Crippen LogP contribution >= 0.6 is 0 Å². The molecule has 3 rings (SSSR count). The minimum absolute atomic E-state index is 0.0172. The van der Waals surface area contributed by atoms with Gasteiger partial charge in [-0.3, -0.25) is 4.79 Å². The van der Waals surface area contributed by atoms with E-state index in [-0.39, 0.29) is 12.1 Å². The molecule has 1 amide bonds. The summed E-state index contributed by atoms with van der Waals surface area (Å²) >= 11 is 0. The molecule has 0 fully saturated rings. The third-order valence-corrected chi connectivity index (χ3v) is 5.23. The van der Waals surface area contributed by atoms with E-state index < -0.39 is 5.91 Å². The second-order valence-electron chi connectivity index (χ2n) is 7.54. The lowest BCUT2D eigenvalue weighted by atomic mass is 9.98. The summed E-state index contributed by atoms with van der Waals surface area (Å²) in [5.74, 6) is 2.18. The zero-order chi connectivity index (χ0) is 23.5. The van der Waals surface area contributed by atoms with E-state index in [1.54, 1.807) is 36.4 Å². The molecule has 1 aromatic heterocycles. The molecule has 3 aromatic rings. The van der Waals surface area contributed by atoms with Crippen molar-refractivity contribution in [1.82, 2.24) is 5.32 Å². The molecule has 1 unspecified atom stereocenters. The fourth-order valence-corrected chi connectivity index (χ4v) is 3.20. The summed E-state index contributed by atoms with van der Waals surface area (Å²) in [5, 5.41) is 12.0. The van der Waals surface area contributed by atoms with Gasteiger partial charge in [-0.1, -0.05) is 44.2 Å². The van der Waals surface area contributed by atoms with Crippen LogP contribution in [-0.2, 0) is 11.3 Å². The number of hydrogen-bond acceptors (Lipinski definition) is 5. The lowest BCUT2D eigenvalue weighted by molar-refractivity contribution is -0.117. The molecule has 0 radical (unpaired) electrons. The Bertz CT molecular complexity index is 1100. The third-order valence-electron chi connectivity index (χ3n) is 5.23. The molecule has 0 aliphatic carbocycles. The Morgan fingerprint density at radius 1 is 1.09 bits per heavy atom. The van der Waals surface area contributed by atoms with Crippen LogP contribution in [0.15, 0.2) is 76.9 Å². The van der Waals surface area contributed by atoms with E-state index in [1.807, 2.05) is 24.3 Å². The van der Waals surface area contributed by atoms with Gasteiger partial charge in [-0.05, 0) is 59.9 Å². The normalized spacial score (nSPS) is 12.0. The van der Waals surface area contributed by atoms with Gasteiger partial charge in [0.25, 0.3) is 5.91 Å². The first-order chi connectivity index (χ1) is 16.1. The van der Waals surface area contributed by atoms with Gasteiger partial charge >= 0.3 is 0 Å². The Balaban J connectivity index is 1.49. The van der Waals surface area contributed by atoms with Gasteiger partial charge in [-0.2, -0.15) is 5.26 Å². The third kappa shape index (κ3) is 7.01. The highest BCUT2D eigenvalue weighted by Gasteiger charge is 2.10. The minimum Gasteiger partial charge on any atom is -0.490 e. The molecule has 33 heavy (non-hydrogen) atoms. The van der Waals surface area contributed by atoms with E-state index in [4.69, 9.17) is 13.9 Å². The summed E-state index contributed by atoms with van der Waals surface area (Å²) in [5.41, 5.74) is 1.95. The van der Waals surface area contributed by atoms with Crippen LogP contribution in [-0.4, -0.2) is 19.1 Å². The number of ether oxygens (including phenoxy) is 2. The van der Waals surface area contributed by atoms with Crippen LogP contribution in [0.3, 0.4) is 0 Å². The Morgan fingerprint density at radius 2 is 1.85 bits per heavy atom. The number of nitriles is 1. The first-order valence-electron chi connectivity index (χ1n) is 11.0. The second kappa shape index (κ2) is 12.2. The van der Waals surface area contributed by atoms with Crippen molar-refractivity contribution in [3.05, 3.63) is 89.4 Å². The highest BCUT2D eigenvalue weighted by Crippen LogP contribution is 2.28. The topological polar surface area (TPSA) is 84.5 Å². The second-order valence-corrected chi connectivity index (χ2v) is 7.54. The molecule has 1 heterocycles. The van der Waals surface area contributed by atoms with Crippen molar-refractivity contribution < 1.29 is 18.7 Å². The Hall–Kier alpha value is -3.98. The highest BCUT2D eigenvalue weighted by molar-refractivity contribution is 6.01. The molecule has 6 nitrogen and oxygen atoms in total. The van der Waals surface area contributed by atoms with Crippen molar-refractivity contribution >= 4 is 12.0 Å². The zero-order valence-corrected chi connectivity index (χ0v) is 18.9. The first-order valence-corrected chi connectivity index (χ1v) is 11.0. The summed E-state index contributed by atoms with van der Waals surface area (Å²) in [7, 11) is 0. The van der Waals surface area contributed by atoms with E-state index in [0.29, 0.717) is 30.6 Å². The molecule has 0 saturated carbocycles. The predicted molar refractivity (Wildman–Crippen MR) is 127 cm³/mol. The lowest BCUT2D eigenvalue weighted by Crippen LogP contribution is -2.23. The smallest absolute Gasteiger partial charge is 0.262 e. The van der Waals surface area contributed by atoms with E-state index in [1.165, 1.54) is 17.9 Å². The number of benzene rings is 2. The van der Waals surface area contributed by atoms with Gasteiger partial charge in [0, 0.05) is 0 Å². The molecule has 0 saturated heterocycles. The first kappa shape index (κ1) is 23.7. The number of nitrogens with one attached hydrogen (secondary N) is 1. The number of nitrogens with zero attached hydrogens (tertiary/aromatic N) is 1. The number of para-hydroxylation sites is 1. The number of furan rings is 1. The molecule has 2 aromatic carbocycles. The SMILES string of the molecule is CCC(C)c1ccccc1OCCOc1ccc(C=C(C#N)C(=O)NCc2ccco2)cc1. The van der Waals surface area contributed by atoms with Gasteiger partial charge in [0.15, 0.2) is 0 Å². The van der Waals surface area contributed by atoms with E-state index in [2.05, 4.69) is 25.2 Å². The number of hydrogen-bond donors (Lipinski definition) is 1. The molecular weight excluding hydrogens is 416 g/mol. The van der Waals surface area contributed by atoms with Crippen molar-refractivity contribution in [3.8, 4) is 17.6 Å². The van der Waals surface area contributed by atoms with E-state index in [0.717, 1.165) is 17.7 Å². The van der Waals surface area contributed by atoms with Crippen LogP contribution in [0.25, 0.3) is 6.08 Å². The maximum Gasteiger partial charge on any atom is 0.262 e. The molecule has 1 atom stereocenters. The van der Waals surface area contributed by atoms with Gasteiger partial charge in [-0.15, -0.1) is 0 Å². The van der Waals surface area contributed by atoms with Crippen LogP contribution in [0, 0.1) is 11.3 Å². The molecule has 6 heteroatoms. The lowest BCUT2D eigenvalue weighted by Gasteiger charge is -2.16. The Kier molecular flexibility index (Phi) is 8.72. The van der Waals surface area contributed by atoms with Crippen LogP contribution in [0.5, 0.6) is 11.5 Å². The maximum atomic E-state index is 12.2. The molecule has 0 aliphatic heterocycles. The summed E-state index contributed by atoms with van der Waals surface area (Å²) in [6.45, 7) is 5.42. The molecule has 0 bridgehead atoms. The largest absolute Gasteiger partial charge is 0.490 e. The fourth-order valence-electron chi connectivity index (χ4n) is 3.20. The molecular formula is C27H28N2O4. The van der Waals surface area contributed by atoms with Crippen molar-refractivity contribution in [1.29, 1.82) is 5.26 Å². The molecule has 170 valence electrons. The molecule has 0 aliphatic rings. The van der Waals surface area contributed by atoms with Crippen molar-refractivity contribution in [2.24, 2.45) is 0 Å². The van der Waals surface area contributed by atoms with Crippen LogP contribution in [0.1, 0.15) is 43.1 Å². The fraction of sp³-hybridized carbons (Fsp3) is 0.259. The summed E-state index contributed by atoms with van der Waals surface area (Å²) < 4.78 is 16.9. The number of amides is 1. The standard InChI is InChI=1S/C27H28N2O4/c1-3-20(2)25-8-4-5-9-26(25)33-16-15-32-23-12-10-21(11-13-23)17-22(18-28)27(30)29-19-24-7-6-14-31-24/h4-14,17,20H,3,15-16,19H2,1-2H3,(H,29,30). The quantitative estimate of drug-likeness (QED) is 0.241. The zero-order valence-electron chi connectivity index (χ0n) is 18.9. The van der Waals surface area contributed by atoms with Gasteiger partial charge in [0.2, 0.25) is 0 Å². The van der Waals surface area contributed by atoms with Crippen LogP contribution in [0.4, 0.5) is 0 Å². The molecule has 1 N–H and O–H groups in total. The van der Waals surface area contributed by atoms with Gasteiger partial charge in [0.1, 0.15) is 42.1 Å². The van der Waals surface area contributed by atoms with Crippen molar-refractivity contribution in [2.75, 3.05) is 13.2 Å². The Morgan fingerprint density at radius 3 is 2.55 bits per heavy atom. The van der Waals surface area contributed by atoms with Gasteiger partial charge < -0.3 is 19.2 Å². The van der Waals surface area contributed by atoms with Gasteiger partial charge in [-0.25, -0.2) is 0 Å². The molecule has 0 spiro atoms. The van der Waals surface area contributed by atoms with Crippen LogP contribution < -0.4 is 14.8 Å². The number of carbonyl (C=O) groups excluding carboxylic acids is 1. The minimum atomic E-state index is -0.455. The van der Waals surface area contributed by atoms with Crippen LogP contribution in [0.2, 0.25) is 0 Å². The summed E-state index contributed by atoms with van der Waals surface area (Å²) in [6.07, 6.45) is 4.12. The monoisotopic (exact) mass is 444 g/mol. The summed E-state index contributed by atoms with van der Waals surface area (Å²) in [4.78, 5) is 12.2. The number of carbonyl (C=O) groups is 1. The highest BCUT2D eigenvalue weighted by atomic mass is 16.5. The predicted octanol–water partition coefficient (Wildman–Crippen LogP) is 5.47. The number of rotatable bonds is 11. The van der Waals surface area contributed by atoms with E-state index >= 15 is 0 Å². The van der Waals surface area contributed by atoms with E-state index in [9.17, 15) is 10.1 Å². The van der Waals surface area contributed by atoms with Crippen molar-refractivity contribution in [2.45, 2.75) is 32.7 Å². The maximum absolute atomic E-state index is 12.2. The van der Waals surface area contributed by atoms with Crippen molar-refractivity contribution in [3.63, 3.8) is 0 Å². The van der Waals surface area contributed by atoms with Gasteiger partial charge in [0.05, 0.1) is 12.8 Å². The average molecular weight is 445 g/mol. The average Bonchev–Trinajstić information content (AvgIpc) is 3.38. The Labute approximate surface area is 194 Å².